The predicted octanol–water partition coefficient (Wildman–Crippen LogP) is 2.14. The first-order valence-corrected chi connectivity index (χ1v) is 7.35. The summed E-state index contributed by atoms with van der Waals surface area (Å²) in [6.07, 6.45) is 1.52. The highest BCUT2D eigenvalue weighted by molar-refractivity contribution is 6.01. The van der Waals surface area contributed by atoms with Crippen molar-refractivity contribution in [3.05, 3.63) is 29.8 Å². The summed E-state index contributed by atoms with van der Waals surface area (Å²) in [4.78, 5) is 28.4. The van der Waals surface area contributed by atoms with Gasteiger partial charge in [-0.3, -0.25) is 4.79 Å². The van der Waals surface area contributed by atoms with Gasteiger partial charge < -0.3 is 20.6 Å². The number of para-hydroxylation sites is 1. The second kappa shape index (κ2) is 9.45. The lowest BCUT2D eigenvalue weighted by molar-refractivity contribution is -0.120. The van der Waals surface area contributed by atoms with E-state index >= 15 is 0 Å². The first-order valence-electron chi connectivity index (χ1n) is 7.35. The molecule has 126 valence electrons. The van der Waals surface area contributed by atoms with E-state index in [9.17, 15) is 9.59 Å². The van der Waals surface area contributed by atoms with Gasteiger partial charge in [-0.2, -0.15) is 0 Å². The van der Waals surface area contributed by atoms with E-state index in [2.05, 4.69) is 29.1 Å². The van der Waals surface area contributed by atoms with Crippen LogP contribution in [0.2, 0.25) is 0 Å². The number of nitrogens with zero attached hydrogens (tertiary/aromatic N) is 1. The van der Waals surface area contributed by atoms with Crippen LogP contribution in [-0.4, -0.2) is 31.4 Å². The van der Waals surface area contributed by atoms with Gasteiger partial charge in [0, 0.05) is 6.42 Å². The number of benzene rings is 1. The molecule has 0 heterocycles. The van der Waals surface area contributed by atoms with E-state index < -0.39 is 11.9 Å². The number of nitrogens with one attached hydrogen (secondary N) is 1. The molecule has 1 amide bonds. The van der Waals surface area contributed by atoms with Crippen LogP contribution < -0.4 is 11.1 Å². The molecule has 0 atom stereocenters. The summed E-state index contributed by atoms with van der Waals surface area (Å²) in [6.45, 7) is 3.87. The fourth-order valence-electron chi connectivity index (χ4n) is 1.72. The largest absolute Gasteiger partial charge is 0.465 e. The third-order valence-corrected chi connectivity index (χ3v) is 2.96. The Morgan fingerprint density at radius 1 is 1.30 bits per heavy atom. The van der Waals surface area contributed by atoms with E-state index in [1.807, 2.05) is 0 Å². The van der Waals surface area contributed by atoms with Crippen molar-refractivity contribution in [3.8, 4) is 0 Å². The van der Waals surface area contributed by atoms with E-state index in [0.717, 1.165) is 6.42 Å². The number of hydrogen-bond acceptors (Lipinski definition) is 5. The summed E-state index contributed by atoms with van der Waals surface area (Å²) in [7, 11) is 1.28. The molecule has 1 aromatic rings. The van der Waals surface area contributed by atoms with Crippen molar-refractivity contribution in [2.24, 2.45) is 16.8 Å². The number of amidine groups is 1. The Labute approximate surface area is 135 Å². The Morgan fingerprint density at radius 3 is 2.65 bits per heavy atom. The first kappa shape index (κ1) is 18.5. The summed E-state index contributed by atoms with van der Waals surface area (Å²) in [6, 6.07) is 6.54. The molecule has 0 spiro atoms. The number of rotatable bonds is 8. The van der Waals surface area contributed by atoms with Crippen molar-refractivity contribution in [3.63, 3.8) is 0 Å². The Morgan fingerprint density at radius 2 is 2.00 bits per heavy atom. The fourth-order valence-corrected chi connectivity index (χ4v) is 1.72. The number of ether oxygens (including phenoxy) is 1. The van der Waals surface area contributed by atoms with Crippen molar-refractivity contribution in [2.75, 3.05) is 19.0 Å². The van der Waals surface area contributed by atoms with Gasteiger partial charge in [0.2, 0.25) is 0 Å². The Hall–Kier alpha value is -2.57. The number of oxime groups is 1. The van der Waals surface area contributed by atoms with Crippen LogP contribution in [0.3, 0.4) is 0 Å². The molecule has 1 aromatic carbocycles. The van der Waals surface area contributed by atoms with Gasteiger partial charge in [-0.05, 0) is 24.5 Å². The molecule has 0 unspecified atom stereocenters. The van der Waals surface area contributed by atoms with Gasteiger partial charge in [0.15, 0.2) is 6.61 Å². The van der Waals surface area contributed by atoms with Gasteiger partial charge in [-0.1, -0.05) is 31.1 Å². The van der Waals surface area contributed by atoms with E-state index in [1.54, 1.807) is 24.3 Å². The van der Waals surface area contributed by atoms with Gasteiger partial charge in [0.05, 0.1) is 18.4 Å². The van der Waals surface area contributed by atoms with Crippen LogP contribution in [0.4, 0.5) is 5.69 Å². The molecule has 0 saturated heterocycles. The number of anilines is 1. The number of esters is 1. The summed E-state index contributed by atoms with van der Waals surface area (Å²) >= 11 is 0. The molecule has 23 heavy (non-hydrogen) atoms. The van der Waals surface area contributed by atoms with Crippen LogP contribution >= 0.6 is 0 Å². The molecule has 0 aliphatic carbocycles. The van der Waals surface area contributed by atoms with E-state index in [0.29, 0.717) is 23.9 Å². The standard InChI is InChI=1S/C16H23N3O4/c1-11(2)8-9-14(17)19-23-10-15(20)18-13-7-5-4-6-12(13)16(21)22-3/h4-7,11H,8-10H2,1-3H3,(H2,17,19)(H,18,20). The Bertz CT molecular complexity index is 570. The molecule has 0 bridgehead atoms. The summed E-state index contributed by atoms with van der Waals surface area (Å²) in [5.74, 6) is -0.108. The highest BCUT2D eigenvalue weighted by Gasteiger charge is 2.13. The summed E-state index contributed by atoms with van der Waals surface area (Å²) in [5.41, 5.74) is 6.29. The quantitative estimate of drug-likeness (QED) is 0.330. The van der Waals surface area contributed by atoms with Crippen LogP contribution in [0.5, 0.6) is 0 Å². The normalized spacial score (nSPS) is 11.2. The van der Waals surface area contributed by atoms with Crippen molar-refractivity contribution >= 4 is 23.4 Å². The molecule has 0 radical (unpaired) electrons. The maximum Gasteiger partial charge on any atom is 0.339 e. The van der Waals surface area contributed by atoms with Gasteiger partial charge in [0.25, 0.3) is 5.91 Å². The topological polar surface area (TPSA) is 103 Å². The minimum absolute atomic E-state index is 0.267. The molecule has 3 N–H and O–H groups in total. The average molecular weight is 321 g/mol. The van der Waals surface area contributed by atoms with E-state index in [1.165, 1.54) is 7.11 Å². The first-order chi connectivity index (χ1) is 10.9. The lowest BCUT2D eigenvalue weighted by Crippen LogP contribution is -2.20. The number of hydrogen-bond donors (Lipinski definition) is 2. The third kappa shape index (κ3) is 6.82. The third-order valence-electron chi connectivity index (χ3n) is 2.96. The van der Waals surface area contributed by atoms with Crippen LogP contribution in [0.1, 0.15) is 37.0 Å². The smallest absolute Gasteiger partial charge is 0.339 e. The van der Waals surface area contributed by atoms with E-state index in [-0.39, 0.29) is 12.2 Å². The summed E-state index contributed by atoms with van der Waals surface area (Å²) in [5, 5.41) is 6.27. The molecular weight excluding hydrogens is 298 g/mol. The second-order valence-corrected chi connectivity index (χ2v) is 5.37. The average Bonchev–Trinajstić information content (AvgIpc) is 2.52. The highest BCUT2D eigenvalue weighted by Crippen LogP contribution is 2.15. The zero-order valence-electron chi connectivity index (χ0n) is 13.7. The van der Waals surface area contributed by atoms with Crippen LogP contribution in [-0.2, 0) is 14.4 Å². The molecule has 7 nitrogen and oxygen atoms in total. The molecule has 1 rings (SSSR count). The molecule has 7 heteroatoms. The molecule has 0 aromatic heterocycles. The molecule has 0 aliphatic rings. The van der Waals surface area contributed by atoms with Crippen molar-refractivity contribution < 1.29 is 19.2 Å². The Balaban J connectivity index is 2.52. The second-order valence-electron chi connectivity index (χ2n) is 5.37. The predicted molar refractivity (Wildman–Crippen MR) is 88.1 cm³/mol. The fraction of sp³-hybridized carbons (Fsp3) is 0.438. The monoisotopic (exact) mass is 321 g/mol. The zero-order chi connectivity index (χ0) is 17.2. The number of methoxy groups -OCH3 is 1. The molecule has 0 fully saturated rings. The SMILES string of the molecule is COC(=O)c1ccccc1NC(=O)CO/N=C(\N)CCC(C)C. The minimum atomic E-state index is -0.530. The lowest BCUT2D eigenvalue weighted by Gasteiger charge is -2.09. The van der Waals surface area contributed by atoms with Crippen molar-refractivity contribution in [1.29, 1.82) is 0 Å². The van der Waals surface area contributed by atoms with Crippen LogP contribution in [0, 0.1) is 5.92 Å². The summed E-state index contributed by atoms with van der Waals surface area (Å²) < 4.78 is 4.66. The van der Waals surface area contributed by atoms with Crippen LogP contribution in [0.25, 0.3) is 0 Å². The number of amides is 1. The maximum absolute atomic E-state index is 11.8. The van der Waals surface area contributed by atoms with E-state index in [4.69, 9.17) is 10.6 Å². The number of carbonyl (C=O) groups is 2. The maximum atomic E-state index is 11.8. The van der Waals surface area contributed by atoms with Crippen LogP contribution in [0.15, 0.2) is 29.4 Å². The molecule has 0 aliphatic heterocycles. The molecular formula is C16H23N3O4. The van der Waals surface area contributed by atoms with Crippen molar-refractivity contribution in [1.82, 2.24) is 0 Å². The van der Waals surface area contributed by atoms with Gasteiger partial charge in [0.1, 0.15) is 5.84 Å². The number of carbonyl (C=O) groups excluding carboxylic acids is 2. The minimum Gasteiger partial charge on any atom is -0.465 e. The highest BCUT2D eigenvalue weighted by atomic mass is 16.6. The Kier molecular flexibility index (Phi) is 7.59. The van der Waals surface area contributed by atoms with Gasteiger partial charge in [-0.25, -0.2) is 4.79 Å². The zero-order valence-corrected chi connectivity index (χ0v) is 13.7. The van der Waals surface area contributed by atoms with Gasteiger partial charge in [-0.15, -0.1) is 0 Å². The molecule has 0 saturated carbocycles. The van der Waals surface area contributed by atoms with Gasteiger partial charge >= 0.3 is 5.97 Å². The van der Waals surface area contributed by atoms with Crippen molar-refractivity contribution in [2.45, 2.75) is 26.7 Å². The number of nitrogens with two attached hydrogens (primary N) is 1. The lowest BCUT2D eigenvalue weighted by atomic mass is 10.1.